The van der Waals surface area contributed by atoms with E-state index in [0.717, 1.165) is 16.3 Å². The van der Waals surface area contributed by atoms with E-state index in [9.17, 15) is 13.2 Å². The smallest absolute Gasteiger partial charge is 0.234 e. The quantitative estimate of drug-likeness (QED) is 0.861. The second-order valence-corrected chi connectivity index (χ2v) is 7.50. The second-order valence-electron chi connectivity index (χ2n) is 4.58. The molecule has 2 rings (SSSR count). The van der Waals surface area contributed by atoms with Crippen molar-refractivity contribution in [2.24, 2.45) is 0 Å². The van der Waals surface area contributed by atoms with E-state index >= 15 is 0 Å². The fourth-order valence-electron chi connectivity index (χ4n) is 1.79. The Morgan fingerprint density at radius 2 is 2.00 bits per heavy atom. The van der Waals surface area contributed by atoms with Gasteiger partial charge in [0.1, 0.15) is 16.5 Å². The number of nitrogens with one attached hydrogen (secondary N) is 1. The lowest BCUT2D eigenvalue weighted by molar-refractivity contribution is -0.118. The summed E-state index contributed by atoms with van der Waals surface area (Å²) in [6.07, 6.45) is 0. The maximum Gasteiger partial charge on any atom is 0.234 e. The lowest BCUT2D eigenvalue weighted by Gasteiger charge is -2.01. The van der Waals surface area contributed by atoms with Crippen LogP contribution in [0.3, 0.4) is 0 Å². The van der Waals surface area contributed by atoms with E-state index in [4.69, 9.17) is 4.74 Å². The van der Waals surface area contributed by atoms with Gasteiger partial charge in [-0.2, -0.15) is 0 Å². The molecule has 2 aromatic rings. The molecule has 22 heavy (non-hydrogen) atoms. The SMILES string of the molecule is CNC(=O)CS(=O)(=O)Cc1csc(-c2ccc(OC)cc2)n1. The Balaban J connectivity index is 2.12. The Labute approximate surface area is 133 Å². The Morgan fingerprint density at radius 1 is 1.32 bits per heavy atom. The van der Waals surface area contributed by atoms with Crippen LogP contribution in [0.15, 0.2) is 29.6 Å². The number of thiazole rings is 1. The average molecular weight is 340 g/mol. The van der Waals surface area contributed by atoms with Gasteiger partial charge in [-0.05, 0) is 24.3 Å². The third-order valence-electron chi connectivity index (χ3n) is 2.89. The summed E-state index contributed by atoms with van der Waals surface area (Å²) < 4.78 is 28.9. The van der Waals surface area contributed by atoms with Gasteiger partial charge in [-0.1, -0.05) is 0 Å². The van der Waals surface area contributed by atoms with Gasteiger partial charge in [0.2, 0.25) is 5.91 Å². The van der Waals surface area contributed by atoms with Gasteiger partial charge in [-0.3, -0.25) is 4.79 Å². The molecule has 8 heteroatoms. The van der Waals surface area contributed by atoms with E-state index in [1.54, 1.807) is 12.5 Å². The summed E-state index contributed by atoms with van der Waals surface area (Å²) in [5.74, 6) is -0.550. The molecular weight excluding hydrogens is 324 g/mol. The lowest BCUT2D eigenvalue weighted by Crippen LogP contribution is -2.27. The van der Waals surface area contributed by atoms with Gasteiger partial charge in [-0.25, -0.2) is 13.4 Å². The van der Waals surface area contributed by atoms with Crippen molar-refractivity contribution in [3.63, 3.8) is 0 Å². The van der Waals surface area contributed by atoms with Crippen molar-refractivity contribution in [3.05, 3.63) is 35.3 Å². The normalized spacial score (nSPS) is 11.2. The van der Waals surface area contributed by atoms with Gasteiger partial charge in [0.25, 0.3) is 0 Å². The zero-order chi connectivity index (χ0) is 16.2. The van der Waals surface area contributed by atoms with Crippen molar-refractivity contribution < 1.29 is 17.9 Å². The molecule has 0 spiro atoms. The molecule has 0 aliphatic carbocycles. The summed E-state index contributed by atoms with van der Waals surface area (Å²) in [6.45, 7) is 0. The molecule has 1 amide bonds. The molecule has 1 N–H and O–H groups in total. The zero-order valence-electron chi connectivity index (χ0n) is 12.2. The first-order valence-corrected chi connectivity index (χ1v) is 9.13. The van der Waals surface area contributed by atoms with E-state index in [2.05, 4.69) is 10.3 Å². The minimum Gasteiger partial charge on any atom is -0.497 e. The van der Waals surface area contributed by atoms with Crippen LogP contribution in [0.2, 0.25) is 0 Å². The van der Waals surface area contributed by atoms with Crippen molar-refractivity contribution in [2.45, 2.75) is 5.75 Å². The number of ether oxygens (including phenoxy) is 1. The monoisotopic (exact) mass is 340 g/mol. The van der Waals surface area contributed by atoms with E-state index in [1.165, 1.54) is 18.4 Å². The molecular formula is C14H16N2O4S2. The Morgan fingerprint density at radius 3 is 2.59 bits per heavy atom. The Kier molecular flexibility index (Phi) is 5.15. The number of hydrogen-bond acceptors (Lipinski definition) is 6. The summed E-state index contributed by atoms with van der Waals surface area (Å²) in [7, 11) is -0.517. The summed E-state index contributed by atoms with van der Waals surface area (Å²) >= 11 is 1.36. The summed E-state index contributed by atoms with van der Waals surface area (Å²) in [6, 6.07) is 7.36. The number of sulfone groups is 1. The summed E-state index contributed by atoms with van der Waals surface area (Å²) in [5, 5.41) is 4.73. The molecule has 0 unspecified atom stereocenters. The molecule has 6 nitrogen and oxygen atoms in total. The van der Waals surface area contributed by atoms with E-state index in [-0.39, 0.29) is 5.75 Å². The minimum absolute atomic E-state index is 0.243. The lowest BCUT2D eigenvalue weighted by atomic mass is 10.2. The minimum atomic E-state index is -3.51. The van der Waals surface area contributed by atoms with Gasteiger partial charge >= 0.3 is 0 Å². The van der Waals surface area contributed by atoms with Gasteiger partial charge in [0, 0.05) is 18.0 Å². The predicted molar refractivity (Wildman–Crippen MR) is 85.7 cm³/mol. The van der Waals surface area contributed by atoms with Crippen LogP contribution in [0.1, 0.15) is 5.69 Å². The van der Waals surface area contributed by atoms with E-state index < -0.39 is 21.5 Å². The van der Waals surface area contributed by atoms with Gasteiger partial charge in [0.15, 0.2) is 9.84 Å². The van der Waals surface area contributed by atoms with Gasteiger partial charge < -0.3 is 10.1 Å². The molecule has 118 valence electrons. The summed E-state index contributed by atoms with van der Waals surface area (Å²) in [4.78, 5) is 15.5. The molecule has 0 fully saturated rings. The molecule has 0 saturated carbocycles. The fourth-order valence-corrected chi connectivity index (χ4v) is 3.96. The average Bonchev–Trinajstić information content (AvgIpc) is 2.94. The van der Waals surface area contributed by atoms with Crippen LogP contribution in [0, 0.1) is 0 Å². The highest BCUT2D eigenvalue weighted by atomic mass is 32.2. The number of amides is 1. The van der Waals surface area contributed by atoms with Crippen molar-refractivity contribution in [1.29, 1.82) is 0 Å². The van der Waals surface area contributed by atoms with Gasteiger partial charge in [0.05, 0.1) is 18.6 Å². The molecule has 1 aromatic heterocycles. The Hall–Kier alpha value is -1.93. The number of rotatable bonds is 6. The van der Waals surface area contributed by atoms with Gasteiger partial charge in [-0.15, -0.1) is 11.3 Å². The maximum atomic E-state index is 11.9. The van der Waals surface area contributed by atoms with Crippen LogP contribution in [0.5, 0.6) is 5.75 Å². The molecule has 0 aliphatic rings. The third kappa shape index (κ3) is 4.28. The van der Waals surface area contributed by atoms with E-state index in [0.29, 0.717) is 5.69 Å². The molecule has 0 radical (unpaired) electrons. The fraction of sp³-hybridized carbons (Fsp3) is 0.286. The molecule has 1 aromatic carbocycles. The number of carbonyl (C=O) groups excluding carboxylic acids is 1. The molecule has 0 bridgehead atoms. The first-order chi connectivity index (χ1) is 10.4. The highest BCUT2D eigenvalue weighted by Crippen LogP contribution is 2.26. The maximum absolute atomic E-state index is 11.9. The van der Waals surface area contributed by atoms with Crippen LogP contribution in [0.4, 0.5) is 0 Å². The molecule has 0 aliphatic heterocycles. The van der Waals surface area contributed by atoms with Crippen LogP contribution in [-0.4, -0.2) is 39.2 Å². The Bertz CT molecular complexity index is 751. The first kappa shape index (κ1) is 16.4. The molecule has 0 saturated heterocycles. The topological polar surface area (TPSA) is 85.4 Å². The number of benzene rings is 1. The third-order valence-corrected chi connectivity index (χ3v) is 5.26. The number of hydrogen-bond donors (Lipinski definition) is 1. The van der Waals surface area contributed by atoms with Crippen molar-refractivity contribution in [2.75, 3.05) is 19.9 Å². The van der Waals surface area contributed by atoms with Crippen molar-refractivity contribution >= 4 is 27.1 Å². The summed E-state index contributed by atoms with van der Waals surface area (Å²) in [5.41, 5.74) is 1.33. The first-order valence-electron chi connectivity index (χ1n) is 6.43. The number of aromatic nitrogens is 1. The second kappa shape index (κ2) is 6.89. The molecule has 0 atom stereocenters. The molecule has 1 heterocycles. The van der Waals surface area contributed by atoms with Crippen molar-refractivity contribution in [3.8, 4) is 16.3 Å². The number of nitrogens with zero attached hydrogens (tertiary/aromatic N) is 1. The zero-order valence-corrected chi connectivity index (χ0v) is 13.8. The largest absolute Gasteiger partial charge is 0.497 e. The van der Waals surface area contributed by atoms with E-state index in [1.807, 2.05) is 24.3 Å². The van der Waals surface area contributed by atoms with Crippen LogP contribution >= 0.6 is 11.3 Å². The standard InChI is InChI=1S/C14H16N2O4S2/c1-15-13(17)9-22(18,19)8-11-7-21-14(16-11)10-3-5-12(20-2)6-4-10/h3-7H,8-9H2,1-2H3,(H,15,17). The predicted octanol–water partition coefficient (Wildman–Crippen LogP) is 1.48. The van der Waals surface area contributed by atoms with Crippen LogP contribution < -0.4 is 10.1 Å². The van der Waals surface area contributed by atoms with Crippen LogP contribution in [0.25, 0.3) is 10.6 Å². The van der Waals surface area contributed by atoms with Crippen molar-refractivity contribution in [1.82, 2.24) is 10.3 Å². The number of methoxy groups -OCH3 is 1. The highest BCUT2D eigenvalue weighted by molar-refractivity contribution is 7.91. The highest BCUT2D eigenvalue weighted by Gasteiger charge is 2.18. The number of carbonyl (C=O) groups is 1. The van der Waals surface area contributed by atoms with Crippen LogP contribution in [-0.2, 0) is 20.4 Å².